The summed E-state index contributed by atoms with van der Waals surface area (Å²) in [5, 5.41) is 3.46. The van der Waals surface area contributed by atoms with E-state index in [0.717, 1.165) is 6.42 Å². The smallest absolute Gasteiger partial charge is 0.273 e. The molecule has 2 amide bonds. The molecule has 3 N–H and O–H groups in total. The Morgan fingerprint density at radius 2 is 1.83 bits per heavy atom. The topological polar surface area (TPSA) is 94.3 Å². The van der Waals surface area contributed by atoms with Gasteiger partial charge >= 0.3 is 0 Å². The fourth-order valence-electron chi connectivity index (χ4n) is 4.62. The van der Waals surface area contributed by atoms with Crippen LogP contribution in [0.25, 0.3) is 0 Å². The zero-order chi connectivity index (χ0) is 25.9. The van der Waals surface area contributed by atoms with Gasteiger partial charge in [-0.1, -0.05) is 36.4 Å². The van der Waals surface area contributed by atoms with Gasteiger partial charge in [0, 0.05) is 50.3 Å². The normalized spacial score (nSPS) is 19.6. The van der Waals surface area contributed by atoms with Gasteiger partial charge in [-0.25, -0.2) is 4.99 Å². The predicted molar refractivity (Wildman–Crippen MR) is 141 cm³/mol. The van der Waals surface area contributed by atoms with Gasteiger partial charge in [-0.3, -0.25) is 9.59 Å². The van der Waals surface area contributed by atoms with E-state index in [1.54, 1.807) is 11.8 Å². The highest BCUT2D eigenvalue weighted by molar-refractivity contribution is 6.48. The highest BCUT2D eigenvalue weighted by Gasteiger charge is 2.37. The minimum atomic E-state index is -0.329. The first kappa shape index (κ1) is 26.3. The first-order valence-electron chi connectivity index (χ1n) is 12.3. The van der Waals surface area contributed by atoms with Gasteiger partial charge in [-0.2, -0.15) is 0 Å². The number of benzene rings is 1. The van der Waals surface area contributed by atoms with Gasteiger partial charge in [-0.15, -0.1) is 0 Å². The number of aliphatic imine (C=N–C) groups is 1. The molecule has 0 spiro atoms. The molecule has 190 valence electrons. The Labute approximate surface area is 209 Å². The van der Waals surface area contributed by atoms with Crippen molar-refractivity contribution in [3.63, 3.8) is 0 Å². The zero-order valence-electron chi connectivity index (χ0n) is 22.0. The third-order valence-electron chi connectivity index (χ3n) is 6.56. The van der Waals surface area contributed by atoms with Crippen LogP contribution in [0.2, 0.25) is 0 Å². The van der Waals surface area contributed by atoms with Crippen molar-refractivity contribution in [3.05, 3.63) is 59.2 Å². The highest BCUT2D eigenvalue weighted by atomic mass is 16.2. The summed E-state index contributed by atoms with van der Waals surface area (Å²) in [6.45, 7) is 18.9. The number of amides is 2. The molecule has 0 aliphatic carbocycles. The number of hydrogen-bond donors (Lipinski definition) is 2. The summed E-state index contributed by atoms with van der Waals surface area (Å²) >= 11 is 0. The summed E-state index contributed by atoms with van der Waals surface area (Å²) in [6.07, 6.45) is 0.782. The van der Waals surface area contributed by atoms with E-state index in [1.807, 2.05) is 23.6 Å². The van der Waals surface area contributed by atoms with Crippen molar-refractivity contribution in [2.45, 2.75) is 59.5 Å². The molecular weight excluding hydrogens is 440 g/mol. The number of rotatable bonds is 7. The van der Waals surface area contributed by atoms with Crippen LogP contribution in [0.1, 0.15) is 45.7 Å². The second-order valence-corrected chi connectivity index (χ2v) is 10.5. The van der Waals surface area contributed by atoms with Gasteiger partial charge in [0.05, 0.1) is 6.54 Å². The molecule has 3 rings (SSSR count). The van der Waals surface area contributed by atoms with Gasteiger partial charge in [0.15, 0.2) is 0 Å². The average Bonchev–Trinajstić information content (AvgIpc) is 3.09. The van der Waals surface area contributed by atoms with Crippen molar-refractivity contribution in [3.8, 4) is 0 Å². The van der Waals surface area contributed by atoms with Crippen LogP contribution in [0.5, 0.6) is 0 Å². The lowest BCUT2D eigenvalue weighted by Gasteiger charge is -2.35. The fraction of sp³-hybridized carbons (Fsp3) is 0.519. The van der Waals surface area contributed by atoms with Crippen LogP contribution in [0.3, 0.4) is 0 Å². The Morgan fingerprint density at radius 1 is 1.20 bits per heavy atom. The molecule has 8 nitrogen and oxygen atoms in total. The van der Waals surface area contributed by atoms with Gasteiger partial charge in [-0.05, 0) is 46.6 Å². The van der Waals surface area contributed by atoms with Crippen molar-refractivity contribution in [1.82, 2.24) is 20.0 Å². The van der Waals surface area contributed by atoms with E-state index in [-0.39, 0.29) is 23.4 Å². The maximum atomic E-state index is 13.3. The molecule has 2 aliphatic rings. The van der Waals surface area contributed by atoms with Crippen molar-refractivity contribution in [2.24, 2.45) is 10.7 Å². The predicted octanol–water partition coefficient (Wildman–Crippen LogP) is 2.40. The summed E-state index contributed by atoms with van der Waals surface area (Å²) < 4.78 is 0. The first-order chi connectivity index (χ1) is 16.4. The molecule has 0 aromatic heterocycles. The summed E-state index contributed by atoms with van der Waals surface area (Å²) in [5.41, 5.74) is 9.74. The second kappa shape index (κ2) is 10.5. The van der Waals surface area contributed by atoms with Crippen molar-refractivity contribution >= 4 is 17.5 Å². The number of aryl methyl sites for hydroxylation is 1. The number of likely N-dealkylation sites (tertiary alicyclic amines) is 1. The van der Waals surface area contributed by atoms with E-state index >= 15 is 0 Å². The monoisotopic (exact) mass is 480 g/mol. The third-order valence-corrected chi connectivity index (χ3v) is 6.56. The Bertz CT molecular complexity index is 1050. The number of carbonyl (C=O) groups is 2. The zero-order valence-corrected chi connectivity index (χ0v) is 22.0. The van der Waals surface area contributed by atoms with Gasteiger partial charge < -0.3 is 25.8 Å². The summed E-state index contributed by atoms with van der Waals surface area (Å²) in [6, 6.07) is 8.45. The van der Waals surface area contributed by atoms with E-state index in [2.05, 4.69) is 61.9 Å². The summed E-state index contributed by atoms with van der Waals surface area (Å²) in [4.78, 5) is 35.2. The quantitative estimate of drug-likeness (QED) is 0.625. The molecule has 0 atom stereocenters. The van der Waals surface area contributed by atoms with Gasteiger partial charge in [0.2, 0.25) is 5.91 Å². The number of nitrogens with one attached hydrogen (secondary N) is 1. The highest BCUT2D eigenvalue weighted by Crippen LogP contribution is 2.23. The minimum absolute atomic E-state index is 0.0191. The Balaban J connectivity index is 1.84. The van der Waals surface area contributed by atoms with Crippen molar-refractivity contribution in [2.75, 3.05) is 32.7 Å². The molecule has 35 heavy (non-hydrogen) atoms. The van der Waals surface area contributed by atoms with E-state index in [4.69, 9.17) is 5.73 Å². The van der Waals surface area contributed by atoms with E-state index in [9.17, 15) is 9.59 Å². The molecule has 0 saturated carbocycles. The summed E-state index contributed by atoms with van der Waals surface area (Å²) in [5.74, 6) is 0.913. The Morgan fingerprint density at radius 3 is 2.40 bits per heavy atom. The fourth-order valence-corrected chi connectivity index (χ4v) is 4.62. The van der Waals surface area contributed by atoms with Crippen LogP contribution in [-0.4, -0.2) is 76.5 Å². The maximum absolute atomic E-state index is 13.3. The second-order valence-electron chi connectivity index (χ2n) is 10.5. The first-order valence-corrected chi connectivity index (χ1v) is 12.3. The third kappa shape index (κ3) is 6.44. The van der Waals surface area contributed by atoms with Crippen LogP contribution in [0.15, 0.2) is 53.1 Å². The molecular formula is C27H40N6O2. The van der Waals surface area contributed by atoms with Gasteiger partial charge in [0.1, 0.15) is 17.4 Å². The molecule has 2 aliphatic heterocycles. The molecule has 1 aromatic rings. The van der Waals surface area contributed by atoms with E-state index in [0.29, 0.717) is 55.7 Å². The van der Waals surface area contributed by atoms with Crippen LogP contribution in [-0.2, 0) is 16.0 Å². The van der Waals surface area contributed by atoms with Crippen LogP contribution in [0.4, 0.5) is 0 Å². The lowest BCUT2D eigenvalue weighted by molar-refractivity contribution is -0.130. The standard InChI is InChI=1S/C27H40N6O2/c1-18(2)33-17-23(25(28)30-27(6,7)16-22-10-8-9-19(3)15-22)24(26(33)35)29-20(4)31-11-13-32(14-12-31)21(5)34/h8-10,15,18,30H,4,11-14,16-17,28H2,1-3,5-7H3/b25-23+,29-24+. The molecule has 2 saturated heterocycles. The molecule has 2 heterocycles. The Hall–Kier alpha value is -3.29. The van der Waals surface area contributed by atoms with E-state index in [1.165, 1.54) is 11.1 Å². The van der Waals surface area contributed by atoms with E-state index < -0.39 is 0 Å². The number of hydrogen-bond acceptors (Lipinski definition) is 6. The lowest BCUT2D eigenvalue weighted by atomic mass is 9.94. The van der Waals surface area contributed by atoms with Crippen molar-refractivity contribution in [1.29, 1.82) is 0 Å². The molecule has 0 bridgehead atoms. The molecule has 2 fully saturated rings. The average molecular weight is 481 g/mol. The van der Waals surface area contributed by atoms with Crippen LogP contribution >= 0.6 is 0 Å². The number of nitrogens with zero attached hydrogens (tertiary/aromatic N) is 4. The lowest BCUT2D eigenvalue weighted by Crippen LogP contribution is -2.47. The van der Waals surface area contributed by atoms with Crippen LogP contribution in [0, 0.1) is 6.92 Å². The molecule has 8 heteroatoms. The molecule has 1 aromatic carbocycles. The minimum Gasteiger partial charge on any atom is -0.385 e. The maximum Gasteiger partial charge on any atom is 0.273 e. The molecule has 0 radical (unpaired) electrons. The van der Waals surface area contributed by atoms with Crippen molar-refractivity contribution < 1.29 is 9.59 Å². The number of piperazine rings is 1. The van der Waals surface area contributed by atoms with Crippen LogP contribution < -0.4 is 11.1 Å². The summed E-state index contributed by atoms with van der Waals surface area (Å²) in [7, 11) is 0. The number of nitrogens with two attached hydrogens (primary N) is 1. The largest absolute Gasteiger partial charge is 0.385 e. The Kier molecular flexibility index (Phi) is 7.93. The van der Waals surface area contributed by atoms with Gasteiger partial charge in [0.25, 0.3) is 5.91 Å². The SMILES string of the molecule is C=C(/N=C1/C(=O)N(C(C)C)C/C1=C(/N)NC(C)(C)Cc1cccc(C)c1)N1CCN(C(C)=O)CC1. The number of carbonyl (C=O) groups excluding carboxylic acids is 2. The molecule has 0 unspecified atom stereocenters.